The summed E-state index contributed by atoms with van der Waals surface area (Å²) in [6.45, 7) is 1.85. The molecule has 6 heteroatoms. The van der Waals surface area contributed by atoms with Gasteiger partial charge in [0.2, 0.25) is 5.82 Å². The van der Waals surface area contributed by atoms with Crippen LogP contribution in [0.25, 0.3) is 11.4 Å². The Balaban J connectivity index is 1.72. The van der Waals surface area contributed by atoms with Gasteiger partial charge in [0, 0.05) is 10.6 Å². The maximum atomic E-state index is 5.87. The van der Waals surface area contributed by atoms with E-state index in [1.807, 2.05) is 43.3 Å². The average molecular weight is 331 g/mol. The second-order valence-corrected chi connectivity index (χ2v) is 5.34. The van der Waals surface area contributed by atoms with E-state index in [1.54, 1.807) is 19.2 Å². The van der Waals surface area contributed by atoms with Gasteiger partial charge in [-0.3, -0.25) is 0 Å². The number of nitrogens with zero attached hydrogens (tertiary/aromatic N) is 2. The van der Waals surface area contributed by atoms with Crippen LogP contribution in [0.2, 0.25) is 5.02 Å². The van der Waals surface area contributed by atoms with Gasteiger partial charge in [0.25, 0.3) is 5.89 Å². The normalized spacial score (nSPS) is 12.0. The highest BCUT2D eigenvalue weighted by molar-refractivity contribution is 6.30. The zero-order valence-corrected chi connectivity index (χ0v) is 13.4. The maximum Gasteiger partial charge on any atom is 0.267 e. The lowest BCUT2D eigenvalue weighted by molar-refractivity contribution is 0.175. The van der Waals surface area contributed by atoms with Crippen molar-refractivity contribution in [1.82, 2.24) is 10.1 Å². The van der Waals surface area contributed by atoms with E-state index < -0.39 is 0 Å². The number of hydrogen-bond acceptors (Lipinski definition) is 5. The van der Waals surface area contributed by atoms with Gasteiger partial charge in [-0.1, -0.05) is 16.8 Å². The maximum absolute atomic E-state index is 5.87. The van der Waals surface area contributed by atoms with Gasteiger partial charge in [-0.05, 0) is 55.5 Å². The minimum atomic E-state index is -0.364. The summed E-state index contributed by atoms with van der Waals surface area (Å²) >= 11 is 5.87. The second-order valence-electron chi connectivity index (χ2n) is 4.90. The van der Waals surface area contributed by atoms with Gasteiger partial charge < -0.3 is 14.0 Å². The Hall–Kier alpha value is -2.53. The first-order valence-corrected chi connectivity index (χ1v) is 7.44. The summed E-state index contributed by atoms with van der Waals surface area (Å²) in [7, 11) is 1.62. The summed E-state index contributed by atoms with van der Waals surface area (Å²) < 4.78 is 16.2. The van der Waals surface area contributed by atoms with E-state index in [1.165, 1.54) is 0 Å². The fourth-order valence-electron chi connectivity index (χ4n) is 2.03. The number of methoxy groups -OCH3 is 1. The SMILES string of the molecule is COc1ccc(OC(C)c2nc(-c3ccc(Cl)cc3)no2)cc1. The molecule has 118 valence electrons. The molecule has 0 aliphatic carbocycles. The smallest absolute Gasteiger partial charge is 0.267 e. The Morgan fingerprint density at radius 3 is 2.30 bits per heavy atom. The van der Waals surface area contributed by atoms with Crippen LogP contribution in [0.4, 0.5) is 0 Å². The van der Waals surface area contributed by atoms with Crippen molar-refractivity contribution in [3.05, 3.63) is 59.4 Å². The zero-order chi connectivity index (χ0) is 16.2. The minimum Gasteiger partial charge on any atom is -0.497 e. The van der Waals surface area contributed by atoms with Gasteiger partial charge in [-0.25, -0.2) is 0 Å². The summed E-state index contributed by atoms with van der Waals surface area (Å²) in [5.74, 6) is 2.38. The van der Waals surface area contributed by atoms with Crippen molar-refractivity contribution in [2.45, 2.75) is 13.0 Å². The summed E-state index contributed by atoms with van der Waals surface area (Å²) in [6, 6.07) is 14.5. The Kier molecular flexibility index (Phi) is 4.48. The lowest BCUT2D eigenvalue weighted by Crippen LogP contribution is -2.03. The molecule has 0 saturated heterocycles. The number of halogens is 1. The number of rotatable bonds is 5. The Morgan fingerprint density at radius 1 is 1.00 bits per heavy atom. The summed E-state index contributed by atoms with van der Waals surface area (Å²) in [5, 5.41) is 4.64. The highest BCUT2D eigenvalue weighted by atomic mass is 35.5. The van der Waals surface area contributed by atoms with E-state index in [2.05, 4.69) is 10.1 Å². The fourth-order valence-corrected chi connectivity index (χ4v) is 2.15. The molecule has 0 N–H and O–H groups in total. The summed E-state index contributed by atoms with van der Waals surface area (Å²) in [6.07, 6.45) is -0.364. The fraction of sp³-hybridized carbons (Fsp3) is 0.176. The molecule has 0 fully saturated rings. The van der Waals surface area contributed by atoms with E-state index in [0.717, 1.165) is 11.3 Å². The molecule has 1 atom stereocenters. The van der Waals surface area contributed by atoms with Crippen LogP contribution in [0.1, 0.15) is 18.9 Å². The molecular formula is C17H15ClN2O3. The second kappa shape index (κ2) is 6.71. The molecule has 0 saturated carbocycles. The predicted molar refractivity (Wildman–Crippen MR) is 86.8 cm³/mol. The minimum absolute atomic E-state index is 0.364. The van der Waals surface area contributed by atoms with Crippen LogP contribution >= 0.6 is 11.6 Å². The van der Waals surface area contributed by atoms with Crippen molar-refractivity contribution in [3.8, 4) is 22.9 Å². The Morgan fingerprint density at radius 2 is 1.65 bits per heavy atom. The number of hydrogen-bond donors (Lipinski definition) is 0. The first kappa shape index (κ1) is 15.4. The van der Waals surface area contributed by atoms with Crippen molar-refractivity contribution in [2.24, 2.45) is 0 Å². The first-order valence-electron chi connectivity index (χ1n) is 7.06. The third kappa shape index (κ3) is 3.63. The van der Waals surface area contributed by atoms with E-state index in [9.17, 15) is 0 Å². The van der Waals surface area contributed by atoms with Crippen molar-refractivity contribution in [2.75, 3.05) is 7.11 Å². The lowest BCUT2D eigenvalue weighted by atomic mass is 10.2. The molecule has 3 aromatic rings. The van der Waals surface area contributed by atoms with Gasteiger partial charge in [0.15, 0.2) is 6.10 Å². The number of benzene rings is 2. The van der Waals surface area contributed by atoms with Crippen LogP contribution in [-0.4, -0.2) is 17.3 Å². The molecule has 23 heavy (non-hydrogen) atoms. The van der Waals surface area contributed by atoms with E-state index >= 15 is 0 Å². The Bertz CT molecular complexity index is 769. The molecule has 2 aromatic carbocycles. The third-order valence-corrected chi connectivity index (χ3v) is 3.52. The standard InChI is InChI=1S/C17H15ClN2O3/c1-11(22-15-9-7-14(21-2)8-10-15)17-19-16(20-23-17)12-3-5-13(18)6-4-12/h3-11H,1-2H3. The van der Waals surface area contributed by atoms with Crippen molar-refractivity contribution >= 4 is 11.6 Å². The molecule has 0 radical (unpaired) electrons. The number of ether oxygens (including phenoxy) is 2. The van der Waals surface area contributed by atoms with E-state index in [0.29, 0.717) is 22.5 Å². The lowest BCUT2D eigenvalue weighted by Gasteiger charge is -2.10. The van der Waals surface area contributed by atoms with Crippen LogP contribution in [0, 0.1) is 0 Å². The average Bonchev–Trinajstić information content (AvgIpc) is 3.06. The van der Waals surface area contributed by atoms with Gasteiger partial charge in [0.05, 0.1) is 7.11 Å². The van der Waals surface area contributed by atoms with Crippen molar-refractivity contribution in [1.29, 1.82) is 0 Å². The number of aromatic nitrogens is 2. The van der Waals surface area contributed by atoms with Crippen molar-refractivity contribution in [3.63, 3.8) is 0 Å². The molecule has 1 heterocycles. The first-order chi connectivity index (χ1) is 11.2. The van der Waals surface area contributed by atoms with Gasteiger partial charge in [-0.15, -0.1) is 0 Å². The van der Waals surface area contributed by atoms with E-state index in [-0.39, 0.29) is 6.10 Å². The molecule has 0 spiro atoms. The van der Waals surface area contributed by atoms with Gasteiger partial charge in [0.1, 0.15) is 11.5 Å². The highest BCUT2D eigenvalue weighted by Crippen LogP contribution is 2.25. The van der Waals surface area contributed by atoms with Gasteiger partial charge in [-0.2, -0.15) is 4.98 Å². The molecule has 5 nitrogen and oxygen atoms in total. The van der Waals surface area contributed by atoms with Crippen LogP contribution in [0.3, 0.4) is 0 Å². The van der Waals surface area contributed by atoms with E-state index in [4.69, 9.17) is 25.6 Å². The van der Waals surface area contributed by atoms with Crippen LogP contribution in [-0.2, 0) is 0 Å². The van der Waals surface area contributed by atoms with Crippen molar-refractivity contribution < 1.29 is 14.0 Å². The molecule has 3 rings (SSSR count). The molecule has 0 amide bonds. The largest absolute Gasteiger partial charge is 0.497 e. The van der Waals surface area contributed by atoms with Crippen LogP contribution < -0.4 is 9.47 Å². The summed E-state index contributed by atoms with van der Waals surface area (Å²) in [5.41, 5.74) is 0.834. The molecule has 1 aromatic heterocycles. The molecule has 0 aliphatic heterocycles. The highest BCUT2D eigenvalue weighted by Gasteiger charge is 2.17. The molecule has 0 bridgehead atoms. The quantitative estimate of drug-likeness (QED) is 0.687. The van der Waals surface area contributed by atoms with Gasteiger partial charge >= 0.3 is 0 Å². The zero-order valence-electron chi connectivity index (χ0n) is 12.7. The predicted octanol–water partition coefficient (Wildman–Crippen LogP) is 4.54. The monoisotopic (exact) mass is 330 g/mol. The Labute approximate surface area is 138 Å². The van der Waals surface area contributed by atoms with Crippen LogP contribution in [0.15, 0.2) is 53.1 Å². The molecule has 0 aliphatic rings. The van der Waals surface area contributed by atoms with Crippen LogP contribution in [0.5, 0.6) is 11.5 Å². The molecular weight excluding hydrogens is 316 g/mol. The topological polar surface area (TPSA) is 57.4 Å². The summed E-state index contributed by atoms with van der Waals surface area (Å²) in [4.78, 5) is 4.37. The molecule has 1 unspecified atom stereocenters. The third-order valence-electron chi connectivity index (χ3n) is 3.26.